The number of halogens is 1. The molecule has 0 fully saturated rings. The van der Waals surface area contributed by atoms with Crippen molar-refractivity contribution in [2.45, 2.75) is 33.7 Å². The lowest BCUT2D eigenvalue weighted by Gasteiger charge is -2.30. The normalized spacial score (nSPS) is 15.6. The third-order valence-corrected chi connectivity index (χ3v) is 4.87. The molecule has 3 rings (SSSR count). The number of allylic oxidation sites excluding steroid dienone is 2. The molecule has 25 heavy (non-hydrogen) atoms. The molecule has 2 heterocycles. The number of rotatable bonds is 4. The summed E-state index contributed by atoms with van der Waals surface area (Å²) in [6, 6.07) is 7.93. The van der Waals surface area contributed by atoms with Gasteiger partial charge in [-0.3, -0.25) is 4.90 Å². The van der Waals surface area contributed by atoms with Gasteiger partial charge in [0.1, 0.15) is 5.82 Å². The molecule has 0 bridgehead atoms. The fraction of sp³-hybridized carbons (Fsp3) is 0.333. The van der Waals surface area contributed by atoms with Gasteiger partial charge in [0.05, 0.1) is 11.4 Å². The van der Waals surface area contributed by atoms with Crippen LogP contribution in [0.15, 0.2) is 48.1 Å². The molecule has 0 saturated carbocycles. The van der Waals surface area contributed by atoms with Crippen LogP contribution in [0.1, 0.15) is 30.9 Å². The first kappa shape index (κ1) is 17.8. The number of hydrogen-bond acceptors (Lipinski definition) is 3. The molecule has 0 radical (unpaired) electrons. The van der Waals surface area contributed by atoms with Crippen molar-refractivity contribution in [2.24, 2.45) is 0 Å². The smallest absolute Gasteiger partial charge is 0.126 e. The first-order valence-electron chi connectivity index (χ1n) is 8.74. The van der Waals surface area contributed by atoms with Crippen molar-refractivity contribution in [1.29, 1.82) is 0 Å². The SMILES string of the molecule is C/C=C\C(=C/C)CN1CCc2nc(C)nc(-c3ccccc3Cl)c2C1. The monoisotopic (exact) mass is 353 g/mol. The third kappa shape index (κ3) is 4.00. The van der Waals surface area contributed by atoms with Gasteiger partial charge in [0.25, 0.3) is 0 Å². The van der Waals surface area contributed by atoms with Crippen molar-refractivity contribution in [3.63, 3.8) is 0 Å². The van der Waals surface area contributed by atoms with Crippen LogP contribution in [0.3, 0.4) is 0 Å². The Kier molecular flexibility index (Phi) is 5.67. The van der Waals surface area contributed by atoms with Gasteiger partial charge < -0.3 is 0 Å². The average molecular weight is 354 g/mol. The summed E-state index contributed by atoms with van der Waals surface area (Å²) in [5, 5.41) is 0.739. The van der Waals surface area contributed by atoms with E-state index in [4.69, 9.17) is 21.6 Å². The number of aryl methyl sites for hydroxylation is 1. The summed E-state index contributed by atoms with van der Waals surface area (Å²) in [6.45, 7) is 8.91. The molecule has 1 aromatic carbocycles. The molecule has 0 saturated heterocycles. The van der Waals surface area contributed by atoms with Crippen molar-refractivity contribution in [1.82, 2.24) is 14.9 Å². The number of fused-ring (bicyclic) bond motifs is 1. The van der Waals surface area contributed by atoms with Crippen molar-refractivity contribution in [3.8, 4) is 11.3 Å². The predicted octanol–water partition coefficient (Wildman–Crippen LogP) is 4.99. The Balaban J connectivity index is 1.97. The minimum absolute atomic E-state index is 0.739. The van der Waals surface area contributed by atoms with Crippen LogP contribution in [0.5, 0.6) is 0 Å². The molecule has 0 unspecified atom stereocenters. The summed E-state index contributed by atoms with van der Waals surface area (Å²) >= 11 is 6.45. The molecule has 0 spiro atoms. The van der Waals surface area contributed by atoms with E-state index >= 15 is 0 Å². The van der Waals surface area contributed by atoms with E-state index in [2.05, 4.69) is 37.0 Å². The van der Waals surface area contributed by atoms with Crippen molar-refractivity contribution < 1.29 is 0 Å². The van der Waals surface area contributed by atoms with Crippen LogP contribution in [-0.2, 0) is 13.0 Å². The molecular formula is C21H24ClN3. The molecule has 1 aliphatic heterocycles. The van der Waals surface area contributed by atoms with Crippen molar-refractivity contribution in [2.75, 3.05) is 13.1 Å². The summed E-state index contributed by atoms with van der Waals surface area (Å²) < 4.78 is 0. The molecule has 0 atom stereocenters. The van der Waals surface area contributed by atoms with E-state index in [1.807, 2.05) is 31.2 Å². The first-order chi connectivity index (χ1) is 12.1. The fourth-order valence-electron chi connectivity index (χ4n) is 3.32. The maximum absolute atomic E-state index is 6.45. The quantitative estimate of drug-likeness (QED) is 0.725. The molecule has 130 valence electrons. The van der Waals surface area contributed by atoms with E-state index in [0.29, 0.717) is 0 Å². The Labute approximate surface area is 155 Å². The maximum Gasteiger partial charge on any atom is 0.126 e. The second kappa shape index (κ2) is 7.94. The fourth-order valence-corrected chi connectivity index (χ4v) is 3.54. The minimum Gasteiger partial charge on any atom is -0.294 e. The Bertz CT molecular complexity index is 824. The summed E-state index contributed by atoms with van der Waals surface area (Å²) in [5.74, 6) is 0.810. The minimum atomic E-state index is 0.739. The largest absolute Gasteiger partial charge is 0.294 e. The lowest BCUT2D eigenvalue weighted by molar-refractivity contribution is 0.274. The highest BCUT2D eigenvalue weighted by atomic mass is 35.5. The number of benzene rings is 1. The van der Waals surface area contributed by atoms with Gasteiger partial charge in [-0.1, -0.05) is 48.0 Å². The summed E-state index contributed by atoms with van der Waals surface area (Å²) in [7, 11) is 0. The highest BCUT2D eigenvalue weighted by Gasteiger charge is 2.23. The van der Waals surface area contributed by atoms with Crippen LogP contribution in [0.25, 0.3) is 11.3 Å². The molecule has 4 heteroatoms. The zero-order valence-corrected chi connectivity index (χ0v) is 15.8. The molecule has 3 nitrogen and oxygen atoms in total. The molecule has 1 aliphatic rings. The Morgan fingerprint density at radius 2 is 2.04 bits per heavy atom. The highest BCUT2D eigenvalue weighted by Crippen LogP contribution is 2.32. The second-order valence-electron chi connectivity index (χ2n) is 6.35. The zero-order valence-electron chi connectivity index (χ0n) is 15.1. The van der Waals surface area contributed by atoms with Crippen LogP contribution in [0.4, 0.5) is 0 Å². The molecule has 0 aliphatic carbocycles. The maximum atomic E-state index is 6.45. The molecule has 1 aromatic heterocycles. The molecule has 0 amide bonds. The van der Waals surface area contributed by atoms with Crippen LogP contribution < -0.4 is 0 Å². The van der Waals surface area contributed by atoms with Crippen molar-refractivity contribution in [3.05, 3.63) is 70.2 Å². The third-order valence-electron chi connectivity index (χ3n) is 4.54. The summed E-state index contributed by atoms with van der Waals surface area (Å²) in [5.41, 5.74) is 5.67. The van der Waals surface area contributed by atoms with Gasteiger partial charge in [-0.05, 0) is 32.4 Å². The standard InChI is InChI=1S/C21H24ClN3/c1-4-8-16(5-2)13-25-12-11-20-18(14-25)21(24-15(3)23-20)17-9-6-7-10-19(17)22/h4-10H,11-14H2,1-3H3/b8-4-,16-5+. The Hall–Kier alpha value is -1.97. The van der Waals surface area contributed by atoms with Gasteiger partial charge in [-0.15, -0.1) is 0 Å². The van der Waals surface area contributed by atoms with Crippen LogP contribution in [0, 0.1) is 6.92 Å². The summed E-state index contributed by atoms with van der Waals surface area (Å²) in [6.07, 6.45) is 7.39. The van der Waals surface area contributed by atoms with Crippen LogP contribution in [0.2, 0.25) is 5.02 Å². The number of hydrogen-bond donors (Lipinski definition) is 0. The van der Waals surface area contributed by atoms with Gasteiger partial charge in [-0.2, -0.15) is 0 Å². The van der Waals surface area contributed by atoms with Crippen LogP contribution in [-0.4, -0.2) is 28.0 Å². The van der Waals surface area contributed by atoms with E-state index < -0.39 is 0 Å². The van der Waals surface area contributed by atoms with E-state index in [9.17, 15) is 0 Å². The van der Waals surface area contributed by atoms with E-state index in [-0.39, 0.29) is 0 Å². The van der Waals surface area contributed by atoms with Crippen LogP contribution >= 0.6 is 11.6 Å². The topological polar surface area (TPSA) is 29.0 Å². The Morgan fingerprint density at radius 3 is 2.76 bits per heavy atom. The first-order valence-corrected chi connectivity index (χ1v) is 9.11. The number of aromatic nitrogens is 2. The number of nitrogens with zero attached hydrogens (tertiary/aromatic N) is 3. The van der Waals surface area contributed by atoms with Gasteiger partial charge in [0.15, 0.2) is 0 Å². The van der Waals surface area contributed by atoms with E-state index in [0.717, 1.165) is 53.9 Å². The average Bonchev–Trinajstić information content (AvgIpc) is 2.61. The Morgan fingerprint density at radius 1 is 1.24 bits per heavy atom. The molecule has 0 N–H and O–H groups in total. The van der Waals surface area contributed by atoms with E-state index in [1.54, 1.807) is 0 Å². The second-order valence-corrected chi connectivity index (χ2v) is 6.76. The lowest BCUT2D eigenvalue weighted by Crippen LogP contribution is -2.33. The highest BCUT2D eigenvalue weighted by molar-refractivity contribution is 6.33. The van der Waals surface area contributed by atoms with Gasteiger partial charge in [0.2, 0.25) is 0 Å². The van der Waals surface area contributed by atoms with E-state index in [1.165, 1.54) is 11.1 Å². The lowest BCUT2D eigenvalue weighted by atomic mass is 9.98. The zero-order chi connectivity index (χ0) is 17.8. The molecular weight excluding hydrogens is 330 g/mol. The van der Waals surface area contributed by atoms with Gasteiger partial charge in [-0.25, -0.2) is 9.97 Å². The van der Waals surface area contributed by atoms with Crippen molar-refractivity contribution >= 4 is 11.6 Å². The molecule has 2 aromatic rings. The predicted molar refractivity (Wildman–Crippen MR) is 105 cm³/mol. The van der Waals surface area contributed by atoms with Gasteiger partial charge >= 0.3 is 0 Å². The summed E-state index contributed by atoms with van der Waals surface area (Å²) in [4.78, 5) is 11.9. The van der Waals surface area contributed by atoms with Gasteiger partial charge in [0, 0.05) is 42.2 Å².